The van der Waals surface area contributed by atoms with Crippen LogP contribution < -0.4 is 4.90 Å². The Hall–Kier alpha value is -2.76. The van der Waals surface area contributed by atoms with Crippen LogP contribution in [0.5, 0.6) is 0 Å². The third kappa shape index (κ3) is 3.45. The summed E-state index contributed by atoms with van der Waals surface area (Å²) < 4.78 is 41.0. The summed E-state index contributed by atoms with van der Waals surface area (Å²) in [6, 6.07) is 15.6. The number of aromatic nitrogens is 2. The van der Waals surface area contributed by atoms with Crippen molar-refractivity contribution in [2.75, 3.05) is 18.5 Å². The highest BCUT2D eigenvalue weighted by atomic mass is 19.4. The van der Waals surface area contributed by atoms with Crippen LogP contribution in [0.2, 0.25) is 0 Å². The van der Waals surface area contributed by atoms with Gasteiger partial charge in [-0.05, 0) is 49.7 Å². The lowest BCUT2D eigenvalue weighted by Crippen LogP contribution is -2.16. The van der Waals surface area contributed by atoms with E-state index in [2.05, 4.69) is 10.00 Å². The zero-order valence-electron chi connectivity index (χ0n) is 14.9. The van der Waals surface area contributed by atoms with E-state index in [4.69, 9.17) is 0 Å². The number of halogens is 3. The number of benzene rings is 2. The van der Waals surface area contributed by atoms with Gasteiger partial charge < -0.3 is 4.90 Å². The molecule has 3 rings (SSSR count). The smallest absolute Gasteiger partial charge is 0.375 e. The Bertz CT molecular complexity index is 898. The number of nitrogens with zero attached hydrogens (tertiary/aromatic N) is 3. The van der Waals surface area contributed by atoms with E-state index in [1.807, 2.05) is 45.2 Å². The molecule has 1 aromatic heterocycles. The lowest BCUT2D eigenvalue weighted by Gasteiger charge is -2.20. The molecule has 0 saturated heterocycles. The number of alkyl halides is 3. The molecule has 0 radical (unpaired) electrons. The number of aryl methyl sites for hydroxylation is 1. The van der Waals surface area contributed by atoms with Crippen LogP contribution >= 0.6 is 0 Å². The lowest BCUT2D eigenvalue weighted by molar-refractivity contribution is -0.141. The van der Waals surface area contributed by atoms with Gasteiger partial charge in [0, 0.05) is 24.8 Å². The summed E-state index contributed by atoms with van der Waals surface area (Å²) in [5.74, 6) is 0. The summed E-state index contributed by atoms with van der Waals surface area (Å²) in [5, 5.41) is 3.81. The van der Waals surface area contributed by atoms with Gasteiger partial charge >= 0.3 is 6.18 Å². The molecule has 0 spiro atoms. The first kappa shape index (κ1) is 18.0. The zero-order chi connectivity index (χ0) is 18.9. The van der Waals surface area contributed by atoms with E-state index in [9.17, 15) is 13.2 Å². The molecule has 0 aliphatic carbocycles. The maximum atomic E-state index is 13.2. The van der Waals surface area contributed by atoms with Gasteiger partial charge in [-0.3, -0.25) is 0 Å². The second-order valence-corrected chi connectivity index (χ2v) is 6.18. The number of hydrogen-bond acceptors (Lipinski definition) is 2. The second-order valence-electron chi connectivity index (χ2n) is 6.18. The molecular formula is C20H20F3N3. The van der Waals surface area contributed by atoms with Crippen molar-refractivity contribution < 1.29 is 13.2 Å². The van der Waals surface area contributed by atoms with Crippen molar-refractivity contribution in [2.24, 2.45) is 0 Å². The van der Waals surface area contributed by atoms with Gasteiger partial charge in [-0.1, -0.05) is 24.3 Å². The van der Waals surface area contributed by atoms with Gasteiger partial charge in [0.25, 0.3) is 0 Å². The van der Waals surface area contributed by atoms with Crippen LogP contribution in [0.25, 0.3) is 16.9 Å². The highest BCUT2D eigenvalue weighted by Crippen LogP contribution is 2.34. The van der Waals surface area contributed by atoms with Gasteiger partial charge in [-0.15, -0.1) is 0 Å². The molecule has 0 unspecified atom stereocenters. The van der Waals surface area contributed by atoms with Crippen molar-refractivity contribution in [3.63, 3.8) is 0 Å². The van der Waals surface area contributed by atoms with E-state index < -0.39 is 11.9 Å². The number of hydrogen-bond donors (Lipinski definition) is 0. The monoisotopic (exact) mass is 359 g/mol. The standard InChI is InChI=1S/C20H20F3N3/c1-4-25(3)17-11-10-15(12-14(17)2)18-13-19(20(21,22)23)24-26(18)16-8-6-5-7-9-16/h5-13H,4H2,1-3H3. The molecule has 2 aromatic carbocycles. The second kappa shape index (κ2) is 6.86. The molecule has 0 N–H and O–H groups in total. The largest absolute Gasteiger partial charge is 0.435 e. The molecule has 0 atom stereocenters. The highest BCUT2D eigenvalue weighted by molar-refractivity contribution is 5.68. The minimum atomic E-state index is -4.49. The SMILES string of the molecule is CCN(C)c1ccc(-c2cc(C(F)(F)F)nn2-c2ccccc2)cc1C. The topological polar surface area (TPSA) is 21.1 Å². The van der Waals surface area contributed by atoms with Crippen molar-refractivity contribution in [3.8, 4) is 16.9 Å². The fourth-order valence-corrected chi connectivity index (χ4v) is 2.90. The van der Waals surface area contributed by atoms with E-state index in [-0.39, 0.29) is 0 Å². The van der Waals surface area contributed by atoms with Crippen LogP contribution in [0.1, 0.15) is 18.2 Å². The van der Waals surface area contributed by atoms with Crippen LogP contribution in [0.4, 0.5) is 18.9 Å². The van der Waals surface area contributed by atoms with Crippen LogP contribution in [0.3, 0.4) is 0 Å². The molecule has 26 heavy (non-hydrogen) atoms. The predicted molar refractivity (Wildman–Crippen MR) is 97.7 cm³/mol. The first-order valence-corrected chi connectivity index (χ1v) is 8.36. The fraction of sp³-hybridized carbons (Fsp3) is 0.250. The van der Waals surface area contributed by atoms with Gasteiger partial charge in [-0.2, -0.15) is 18.3 Å². The van der Waals surface area contributed by atoms with E-state index in [0.717, 1.165) is 23.9 Å². The Morgan fingerprint density at radius 3 is 2.31 bits per heavy atom. The van der Waals surface area contributed by atoms with Crippen molar-refractivity contribution in [1.82, 2.24) is 9.78 Å². The maximum Gasteiger partial charge on any atom is 0.435 e. The summed E-state index contributed by atoms with van der Waals surface area (Å²) in [6.45, 7) is 4.85. The molecule has 0 fully saturated rings. The van der Waals surface area contributed by atoms with Crippen molar-refractivity contribution in [2.45, 2.75) is 20.0 Å². The summed E-state index contributed by atoms with van der Waals surface area (Å²) >= 11 is 0. The molecule has 0 aliphatic rings. The van der Waals surface area contributed by atoms with Crippen LogP contribution in [-0.4, -0.2) is 23.4 Å². The van der Waals surface area contributed by atoms with Crippen molar-refractivity contribution in [3.05, 3.63) is 65.9 Å². The summed E-state index contributed by atoms with van der Waals surface area (Å²) in [4.78, 5) is 2.09. The normalized spacial score (nSPS) is 11.6. The highest BCUT2D eigenvalue weighted by Gasteiger charge is 2.35. The molecule has 3 aromatic rings. The Morgan fingerprint density at radius 2 is 1.73 bits per heavy atom. The number of para-hydroxylation sites is 1. The Morgan fingerprint density at radius 1 is 1.04 bits per heavy atom. The summed E-state index contributed by atoms with van der Waals surface area (Å²) in [7, 11) is 1.98. The van der Waals surface area contributed by atoms with Gasteiger partial charge in [0.1, 0.15) is 0 Å². The maximum absolute atomic E-state index is 13.2. The predicted octanol–water partition coefficient (Wildman–Crippen LogP) is 5.32. The van der Waals surface area contributed by atoms with E-state index >= 15 is 0 Å². The van der Waals surface area contributed by atoms with Crippen LogP contribution in [0, 0.1) is 6.92 Å². The first-order chi connectivity index (χ1) is 12.3. The Kier molecular flexibility index (Phi) is 4.76. The molecular weight excluding hydrogens is 339 g/mol. The summed E-state index contributed by atoms with van der Waals surface area (Å²) in [5.41, 5.74) is 2.85. The molecule has 0 saturated carbocycles. The molecule has 1 heterocycles. The average Bonchev–Trinajstić information content (AvgIpc) is 3.07. The molecule has 6 heteroatoms. The molecule has 3 nitrogen and oxygen atoms in total. The fourth-order valence-electron chi connectivity index (χ4n) is 2.90. The van der Waals surface area contributed by atoms with Crippen molar-refractivity contribution in [1.29, 1.82) is 0 Å². The minimum absolute atomic E-state index is 0.414. The van der Waals surface area contributed by atoms with E-state index in [0.29, 0.717) is 16.9 Å². The number of anilines is 1. The Labute approximate surface area is 150 Å². The minimum Gasteiger partial charge on any atom is -0.375 e. The van der Waals surface area contributed by atoms with Gasteiger partial charge in [-0.25, -0.2) is 4.68 Å². The Balaban J connectivity index is 2.15. The molecule has 136 valence electrons. The average molecular weight is 359 g/mol. The van der Waals surface area contributed by atoms with Crippen LogP contribution in [0.15, 0.2) is 54.6 Å². The third-order valence-electron chi connectivity index (χ3n) is 4.38. The van der Waals surface area contributed by atoms with Gasteiger partial charge in [0.2, 0.25) is 0 Å². The van der Waals surface area contributed by atoms with Crippen LogP contribution in [-0.2, 0) is 6.18 Å². The number of rotatable bonds is 4. The molecule has 0 aliphatic heterocycles. The quantitative estimate of drug-likeness (QED) is 0.628. The molecule has 0 amide bonds. The molecule has 0 bridgehead atoms. The van der Waals surface area contributed by atoms with E-state index in [1.54, 1.807) is 24.3 Å². The lowest BCUT2D eigenvalue weighted by atomic mass is 10.1. The zero-order valence-corrected chi connectivity index (χ0v) is 14.9. The first-order valence-electron chi connectivity index (χ1n) is 8.36. The third-order valence-corrected chi connectivity index (χ3v) is 4.38. The van der Waals surface area contributed by atoms with Gasteiger partial charge in [0.15, 0.2) is 5.69 Å². The van der Waals surface area contributed by atoms with Gasteiger partial charge in [0.05, 0.1) is 11.4 Å². The van der Waals surface area contributed by atoms with E-state index in [1.165, 1.54) is 4.68 Å². The van der Waals surface area contributed by atoms with Crippen molar-refractivity contribution >= 4 is 5.69 Å². The summed E-state index contributed by atoms with van der Waals surface area (Å²) in [6.07, 6.45) is -4.49.